The predicted molar refractivity (Wildman–Crippen MR) is 72.7 cm³/mol. The van der Waals surface area contributed by atoms with Crippen LogP contribution in [0.1, 0.15) is 40.6 Å². The van der Waals surface area contributed by atoms with Gasteiger partial charge in [-0.25, -0.2) is 4.79 Å². The number of nitrogens with one attached hydrogen (secondary N) is 1. The molecular formula is C13H17N3O5. The minimum Gasteiger partial charge on any atom is -0.480 e. The molecule has 1 unspecified atom stereocenters. The number of Topliss-reactive ketones (excluding diaryl/α,β-unsaturated/α-hetero) is 1. The van der Waals surface area contributed by atoms with Gasteiger partial charge < -0.3 is 20.7 Å². The highest BCUT2D eigenvalue weighted by Crippen LogP contribution is 2.09. The number of carbonyl (C=O) groups excluding carboxylic acids is 3. The molecule has 1 atom stereocenters. The van der Waals surface area contributed by atoms with Crippen molar-refractivity contribution in [1.29, 1.82) is 0 Å². The van der Waals surface area contributed by atoms with Crippen molar-refractivity contribution < 1.29 is 24.3 Å². The van der Waals surface area contributed by atoms with E-state index in [0.29, 0.717) is 5.56 Å². The fraction of sp³-hybridized carbons (Fsp3) is 0.385. The highest BCUT2D eigenvalue weighted by Gasteiger charge is 2.23. The zero-order valence-corrected chi connectivity index (χ0v) is 11.8. The quantitative estimate of drug-likeness (QED) is 0.593. The van der Waals surface area contributed by atoms with Crippen LogP contribution < -0.4 is 11.1 Å². The molecule has 114 valence electrons. The minimum absolute atomic E-state index is 0.0968. The molecule has 1 aromatic heterocycles. The van der Waals surface area contributed by atoms with Crippen molar-refractivity contribution in [2.45, 2.75) is 25.8 Å². The SMILES string of the molecule is CC(=O)c1cc(C(=O)NC(CCC(N)=O)C(=O)O)n(C)c1. The van der Waals surface area contributed by atoms with Crippen molar-refractivity contribution in [3.8, 4) is 0 Å². The lowest BCUT2D eigenvalue weighted by atomic mass is 10.1. The van der Waals surface area contributed by atoms with Gasteiger partial charge in [-0.1, -0.05) is 0 Å². The van der Waals surface area contributed by atoms with Crippen molar-refractivity contribution in [2.24, 2.45) is 12.8 Å². The number of nitrogens with two attached hydrogens (primary N) is 1. The van der Waals surface area contributed by atoms with Gasteiger partial charge in [-0.2, -0.15) is 0 Å². The fourth-order valence-electron chi connectivity index (χ4n) is 1.76. The maximum atomic E-state index is 12.0. The van der Waals surface area contributed by atoms with E-state index in [9.17, 15) is 19.2 Å². The normalized spacial score (nSPS) is 11.7. The van der Waals surface area contributed by atoms with Crippen LogP contribution in [0.3, 0.4) is 0 Å². The molecule has 8 heteroatoms. The summed E-state index contributed by atoms with van der Waals surface area (Å²) in [6.45, 7) is 1.37. The Labute approximate surface area is 120 Å². The van der Waals surface area contributed by atoms with E-state index in [-0.39, 0.29) is 24.3 Å². The third-order valence-corrected chi connectivity index (χ3v) is 2.93. The van der Waals surface area contributed by atoms with Crippen LogP contribution in [0.4, 0.5) is 0 Å². The van der Waals surface area contributed by atoms with Gasteiger partial charge in [0.1, 0.15) is 11.7 Å². The number of amides is 2. The highest BCUT2D eigenvalue weighted by molar-refractivity contribution is 6.00. The predicted octanol–water partition coefficient (Wildman–Crippen LogP) is -0.324. The van der Waals surface area contributed by atoms with E-state index in [4.69, 9.17) is 10.8 Å². The molecule has 0 aliphatic carbocycles. The number of ketones is 1. The van der Waals surface area contributed by atoms with E-state index in [1.54, 1.807) is 7.05 Å². The largest absolute Gasteiger partial charge is 0.480 e. The van der Waals surface area contributed by atoms with Crippen LogP contribution in [0.2, 0.25) is 0 Å². The molecule has 0 bridgehead atoms. The number of carboxylic acids is 1. The number of hydrogen-bond acceptors (Lipinski definition) is 4. The molecule has 0 aromatic carbocycles. The third kappa shape index (κ3) is 4.44. The molecule has 0 spiro atoms. The maximum absolute atomic E-state index is 12.0. The number of rotatable bonds is 7. The molecular weight excluding hydrogens is 278 g/mol. The lowest BCUT2D eigenvalue weighted by Gasteiger charge is -2.13. The summed E-state index contributed by atoms with van der Waals surface area (Å²) >= 11 is 0. The van der Waals surface area contributed by atoms with Gasteiger partial charge in [-0.15, -0.1) is 0 Å². The number of primary amides is 1. The van der Waals surface area contributed by atoms with E-state index in [2.05, 4.69) is 5.32 Å². The number of carboxylic acid groups (broad SMARTS) is 1. The molecule has 0 aliphatic heterocycles. The van der Waals surface area contributed by atoms with Crippen molar-refractivity contribution in [1.82, 2.24) is 9.88 Å². The third-order valence-electron chi connectivity index (χ3n) is 2.93. The summed E-state index contributed by atoms with van der Waals surface area (Å²) < 4.78 is 1.43. The fourth-order valence-corrected chi connectivity index (χ4v) is 1.76. The van der Waals surface area contributed by atoms with E-state index < -0.39 is 23.8 Å². The first kappa shape index (κ1) is 16.4. The van der Waals surface area contributed by atoms with Crippen molar-refractivity contribution in [3.05, 3.63) is 23.5 Å². The second-order valence-corrected chi connectivity index (χ2v) is 4.65. The summed E-state index contributed by atoms with van der Waals surface area (Å²) in [6.07, 6.45) is 1.24. The van der Waals surface area contributed by atoms with Crippen LogP contribution in [0.5, 0.6) is 0 Å². The average Bonchev–Trinajstić information content (AvgIpc) is 2.76. The zero-order valence-electron chi connectivity index (χ0n) is 11.8. The average molecular weight is 295 g/mol. The molecule has 21 heavy (non-hydrogen) atoms. The van der Waals surface area contributed by atoms with E-state index in [0.717, 1.165) is 0 Å². The molecule has 1 heterocycles. The minimum atomic E-state index is -1.26. The summed E-state index contributed by atoms with van der Waals surface area (Å²) in [5.41, 5.74) is 5.47. The molecule has 0 saturated heterocycles. The first-order chi connectivity index (χ1) is 9.72. The van der Waals surface area contributed by atoms with Crippen LogP contribution in [0.25, 0.3) is 0 Å². The number of hydrogen-bond donors (Lipinski definition) is 3. The second-order valence-electron chi connectivity index (χ2n) is 4.65. The maximum Gasteiger partial charge on any atom is 0.326 e. The van der Waals surface area contributed by atoms with E-state index >= 15 is 0 Å². The standard InChI is InChI=1S/C13H17N3O5/c1-7(17)8-5-10(16(2)6-8)12(19)15-9(13(20)21)3-4-11(14)18/h5-6,9H,3-4H2,1-2H3,(H2,14,18)(H,15,19)(H,20,21). The zero-order chi connectivity index (χ0) is 16.2. The van der Waals surface area contributed by atoms with Crippen molar-refractivity contribution in [2.75, 3.05) is 0 Å². The first-order valence-electron chi connectivity index (χ1n) is 6.21. The Morgan fingerprint density at radius 1 is 1.38 bits per heavy atom. The van der Waals surface area contributed by atoms with Gasteiger partial charge in [0.25, 0.3) is 5.91 Å². The van der Waals surface area contributed by atoms with Crippen molar-refractivity contribution >= 4 is 23.6 Å². The summed E-state index contributed by atoms with van der Waals surface area (Å²) in [5.74, 6) is -2.74. The Morgan fingerprint density at radius 3 is 2.43 bits per heavy atom. The molecule has 8 nitrogen and oxygen atoms in total. The molecule has 0 saturated carbocycles. The highest BCUT2D eigenvalue weighted by atomic mass is 16.4. The van der Waals surface area contributed by atoms with E-state index in [1.807, 2.05) is 0 Å². The van der Waals surface area contributed by atoms with Crippen LogP contribution in [0.15, 0.2) is 12.3 Å². The molecule has 1 aromatic rings. The smallest absolute Gasteiger partial charge is 0.326 e. The summed E-state index contributed by atoms with van der Waals surface area (Å²) in [5, 5.41) is 11.3. The van der Waals surface area contributed by atoms with Gasteiger partial charge in [0, 0.05) is 25.2 Å². The van der Waals surface area contributed by atoms with Gasteiger partial charge in [0.15, 0.2) is 5.78 Å². The molecule has 0 aliphatic rings. The molecule has 0 radical (unpaired) electrons. The monoisotopic (exact) mass is 295 g/mol. The van der Waals surface area contributed by atoms with Crippen LogP contribution in [0, 0.1) is 0 Å². The summed E-state index contributed by atoms with van der Waals surface area (Å²) in [6, 6.07) is 0.158. The number of carbonyl (C=O) groups is 4. The van der Waals surface area contributed by atoms with Crippen LogP contribution in [-0.2, 0) is 16.6 Å². The van der Waals surface area contributed by atoms with Gasteiger partial charge >= 0.3 is 5.97 Å². The van der Waals surface area contributed by atoms with Gasteiger partial charge in [0.2, 0.25) is 5.91 Å². The number of aliphatic carboxylic acids is 1. The molecule has 2 amide bonds. The lowest BCUT2D eigenvalue weighted by molar-refractivity contribution is -0.139. The van der Waals surface area contributed by atoms with Gasteiger partial charge in [-0.05, 0) is 19.4 Å². The lowest BCUT2D eigenvalue weighted by Crippen LogP contribution is -2.41. The van der Waals surface area contributed by atoms with E-state index in [1.165, 1.54) is 23.8 Å². The number of aryl methyl sites for hydroxylation is 1. The Hall–Kier alpha value is -2.64. The Bertz CT molecular complexity index is 591. The molecule has 4 N–H and O–H groups in total. The van der Waals surface area contributed by atoms with Gasteiger partial charge in [0.05, 0.1) is 0 Å². The Kier molecular flexibility index (Phi) is 5.23. The Morgan fingerprint density at radius 2 is 2.00 bits per heavy atom. The molecule has 1 rings (SSSR count). The second kappa shape index (κ2) is 6.69. The summed E-state index contributed by atoms with van der Waals surface area (Å²) in [7, 11) is 1.57. The van der Waals surface area contributed by atoms with Crippen molar-refractivity contribution in [3.63, 3.8) is 0 Å². The van der Waals surface area contributed by atoms with Gasteiger partial charge in [-0.3, -0.25) is 14.4 Å². The summed E-state index contributed by atoms with van der Waals surface area (Å²) in [4.78, 5) is 45.0. The molecule has 0 fully saturated rings. The topological polar surface area (TPSA) is 131 Å². The number of nitrogens with zero attached hydrogens (tertiary/aromatic N) is 1. The number of aromatic nitrogens is 1. The van der Waals surface area contributed by atoms with Crippen LogP contribution >= 0.6 is 0 Å². The Balaban J connectivity index is 2.84. The first-order valence-corrected chi connectivity index (χ1v) is 6.21. The van der Waals surface area contributed by atoms with Crippen LogP contribution in [-0.4, -0.2) is 39.3 Å².